The summed E-state index contributed by atoms with van der Waals surface area (Å²) >= 11 is 6.43. The Morgan fingerprint density at radius 2 is 1.97 bits per heavy atom. The van der Waals surface area contributed by atoms with Gasteiger partial charge >= 0.3 is 5.97 Å². The number of carbonyl (C=O) groups excluding carboxylic acids is 1. The molecule has 0 aliphatic heterocycles. The van der Waals surface area contributed by atoms with Crippen LogP contribution in [0.1, 0.15) is 53.0 Å². The van der Waals surface area contributed by atoms with Crippen molar-refractivity contribution < 1.29 is 14.6 Å². The highest BCUT2D eigenvalue weighted by Crippen LogP contribution is 2.26. The Kier molecular flexibility index (Phi) is 7.77. The van der Waals surface area contributed by atoms with E-state index in [4.69, 9.17) is 16.3 Å². The molecule has 2 aromatic heterocycles. The number of hydrogen-bond acceptors (Lipinski definition) is 5. The Hall–Kier alpha value is -3.42. The lowest BCUT2D eigenvalue weighted by molar-refractivity contribution is 0.0464. The summed E-state index contributed by atoms with van der Waals surface area (Å²) in [5.41, 5.74) is 3.78. The molecule has 0 saturated carbocycles. The predicted octanol–water partition coefficient (Wildman–Crippen LogP) is 5.17. The van der Waals surface area contributed by atoms with Crippen molar-refractivity contribution in [1.82, 2.24) is 19.5 Å². The fourth-order valence-electron chi connectivity index (χ4n) is 3.80. The second-order valence-electron chi connectivity index (χ2n) is 7.96. The SMILES string of the molecule is CCCCn1c(Cc2ccc(-c3ccccc3C(=O)OCc3ncc[nH]3)cc2)nc(CO)c1Cl. The fraction of sp³-hybridized carbons (Fsp3) is 0.269. The van der Waals surface area contributed by atoms with E-state index in [9.17, 15) is 9.90 Å². The number of nitrogens with one attached hydrogen (secondary N) is 1. The molecule has 0 fully saturated rings. The van der Waals surface area contributed by atoms with Crippen LogP contribution in [0.25, 0.3) is 11.1 Å². The summed E-state index contributed by atoms with van der Waals surface area (Å²) in [7, 11) is 0. The molecule has 2 N–H and O–H groups in total. The number of benzene rings is 2. The van der Waals surface area contributed by atoms with E-state index in [1.807, 2.05) is 47.0 Å². The van der Waals surface area contributed by atoms with Crippen molar-refractivity contribution in [3.05, 3.63) is 94.5 Å². The minimum atomic E-state index is -0.403. The fourth-order valence-corrected chi connectivity index (χ4v) is 4.08. The Labute approximate surface area is 203 Å². The number of carbonyl (C=O) groups is 1. The Morgan fingerprint density at radius 1 is 1.18 bits per heavy atom. The number of unbranched alkanes of at least 4 members (excludes halogenated alkanes) is 1. The minimum absolute atomic E-state index is 0.0855. The molecule has 2 heterocycles. The van der Waals surface area contributed by atoms with E-state index in [0.717, 1.165) is 41.9 Å². The van der Waals surface area contributed by atoms with Crippen LogP contribution in [-0.2, 0) is 30.9 Å². The van der Waals surface area contributed by atoms with Gasteiger partial charge in [0.2, 0.25) is 0 Å². The maximum absolute atomic E-state index is 12.7. The molecular formula is C26H27ClN4O3. The van der Waals surface area contributed by atoms with Crippen molar-refractivity contribution in [2.45, 2.75) is 45.9 Å². The summed E-state index contributed by atoms with van der Waals surface area (Å²) in [6.45, 7) is 2.79. The van der Waals surface area contributed by atoms with Gasteiger partial charge in [-0.3, -0.25) is 0 Å². The number of aromatic amines is 1. The summed E-state index contributed by atoms with van der Waals surface area (Å²) in [5.74, 6) is 1.02. The van der Waals surface area contributed by atoms with Gasteiger partial charge < -0.3 is 19.4 Å². The summed E-state index contributed by atoms with van der Waals surface area (Å²) in [4.78, 5) is 24.3. The highest BCUT2D eigenvalue weighted by atomic mass is 35.5. The molecule has 0 aliphatic rings. The van der Waals surface area contributed by atoms with Gasteiger partial charge in [-0.25, -0.2) is 14.8 Å². The number of rotatable bonds is 10. The first-order valence-corrected chi connectivity index (χ1v) is 11.7. The number of ether oxygens (including phenoxy) is 1. The largest absolute Gasteiger partial charge is 0.454 e. The number of hydrogen-bond donors (Lipinski definition) is 2. The molecule has 0 aliphatic carbocycles. The molecule has 8 heteroatoms. The molecule has 7 nitrogen and oxygen atoms in total. The number of aliphatic hydroxyl groups is 1. The smallest absolute Gasteiger partial charge is 0.339 e. The quantitative estimate of drug-likeness (QED) is 0.307. The van der Waals surface area contributed by atoms with Crippen LogP contribution in [0.2, 0.25) is 5.15 Å². The second-order valence-corrected chi connectivity index (χ2v) is 8.32. The van der Waals surface area contributed by atoms with Crippen LogP contribution in [0, 0.1) is 0 Å². The van der Waals surface area contributed by atoms with Crippen LogP contribution in [0.3, 0.4) is 0 Å². The lowest BCUT2D eigenvalue weighted by atomic mass is 9.98. The average Bonchev–Trinajstić information content (AvgIpc) is 3.49. The highest BCUT2D eigenvalue weighted by Gasteiger charge is 2.17. The molecule has 0 spiro atoms. The van der Waals surface area contributed by atoms with E-state index in [1.165, 1.54) is 0 Å². The van der Waals surface area contributed by atoms with Gasteiger partial charge in [-0.2, -0.15) is 0 Å². The van der Waals surface area contributed by atoms with Gasteiger partial charge in [0.25, 0.3) is 0 Å². The summed E-state index contributed by atoms with van der Waals surface area (Å²) in [5, 5.41) is 10.1. The monoisotopic (exact) mass is 478 g/mol. The van der Waals surface area contributed by atoms with Gasteiger partial charge in [-0.1, -0.05) is 67.4 Å². The molecule has 176 valence electrons. The van der Waals surface area contributed by atoms with Crippen LogP contribution in [-0.4, -0.2) is 30.6 Å². The molecular weight excluding hydrogens is 452 g/mol. The minimum Gasteiger partial charge on any atom is -0.454 e. The molecule has 0 radical (unpaired) electrons. The normalized spacial score (nSPS) is 11.0. The number of esters is 1. The zero-order valence-corrected chi connectivity index (χ0v) is 19.8. The molecule has 4 rings (SSSR count). The van der Waals surface area contributed by atoms with Crippen LogP contribution >= 0.6 is 11.6 Å². The van der Waals surface area contributed by atoms with Gasteiger partial charge in [0, 0.05) is 25.4 Å². The van der Waals surface area contributed by atoms with Crippen LogP contribution in [0.15, 0.2) is 60.9 Å². The number of H-pyrrole nitrogens is 1. The zero-order valence-electron chi connectivity index (χ0n) is 19.0. The number of halogens is 1. The Morgan fingerprint density at radius 3 is 2.68 bits per heavy atom. The Balaban J connectivity index is 1.52. The third-order valence-corrected chi connectivity index (χ3v) is 6.03. The second kappa shape index (κ2) is 11.1. The van der Waals surface area contributed by atoms with Gasteiger partial charge in [0.1, 0.15) is 29.1 Å². The first-order chi connectivity index (χ1) is 16.6. The zero-order chi connectivity index (χ0) is 23.9. The van der Waals surface area contributed by atoms with Crippen molar-refractivity contribution in [3.8, 4) is 11.1 Å². The molecule has 0 amide bonds. The topological polar surface area (TPSA) is 93.0 Å². The average molecular weight is 479 g/mol. The standard InChI is InChI=1S/C26H27ClN4O3/c1-2-3-14-31-24(30-22(16-32)25(31)27)15-18-8-10-19(11-9-18)20-6-4-5-7-21(20)26(33)34-17-23-28-12-13-29-23/h4-13,32H,2-3,14-17H2,1H3,(H,28,29). The molecule has 0 saturated heterocycles. The van der Waals surface area contributed by atoms with Crippen LogP contribution < -0.4 is 0 Å². The van der Waals surface area contributed by atoms with Crippen molar-refractivity contribution in [2.24, 2.45) is 0 Å². The number of aliphatic hydroxyl groups excluding tert-OH is 1. The van der Waals surface area contributed by atoms with Gasteiger partial charge in [-0.15, -0.1) is 0 Å². The third-order valence-electron chi connectivity index (χ3n) is 5.60. The highest BCUT2D eigenvalue weighted by molar-refractivity contribution is 6.30. The number of aromatic nitrogens is 4. The van der Waals surface area contributed by atoms with Crippen molar-refractivity contribution in [2.75, 3.05) is 0 Å². The number of nitrogens with zero attached hydrogens (tertiary/aromatic N) is 3. The maximum Gasteiger partial charge on any atom is 0.339 e. The molecule has 0 bridgehead atoms. The summed E-state index contributed by atoms with van der Waals surface area (Å²) < 4.78 is 7.41. The van der Waals surface area contributed by atoms with Gasteiger partial charge in [0.15, 0.2) is 0 Å². The molecule has 4 aromatic rings. The predicted molar refractivity (Wildman–Crippen MR) is 130 cm³/mol. The van der Waals surface area contributed by atoms with E-state index >= 15 is 0 Å². The van der Waals surface area contributed by atoms with Gasteiger partial charge in [0.05, 0.1) is 12.2 Å². The van der Waals surface area contributed by atoms with E-state index in [2.05, 4.69) is 21.9 Å². The first-order valence-electron chi connectivity index (χ1n) is 11.3. The third kappa shape index (κ3) is 5.38. The van der Waals surface area contributed by atoms with Crippen molar-refractivity contribution >= 4 is 17.6 Å². The molecule has 34 heavy (non-hydrogen) atoms. The van der Waals surface area contributed by atoms with E-state index < -0.39 is 5.97 Å². The van der Waals surface area contributed by atoms with Crippen LogP contribution in [0.5, 0.6) is 0 Å². The molecule has 2 aromatic carbocycles. The van der Waals surface area contributed by atoms with E-state index in [1.54, 1.807) is 18.5 Å². The molecule has 0 unspecified atom stereocenters. The van der Waals surface area contributed by atoms with Crippen molar-refractivity contribution in [1.29, 1.82) is 0 Å². The summed E-state index contributed by atoms with van der Waals surface area (Å²) in [6, 6.07) is 15.4. The summed E-state index contributed by atoms with van der Waals surface area (Å²) in [6.07, 6.45) is 5.93. The first kappa shape index (κ1) is 23.7. The van der Waals surface area contributed by atoms with Crippen molar-refractivity contribution in [3.63, 3.8) is 0 Å². The number of imidazole rings is 2. The van der Waals surface area contributed by atoms with Crippen LogP contribution in [0.4, 0.5) is 0 Å². The Bertz CT molecular complexity index is 1230. The lowest BCUT2D eigenvalue weighted by Crippen LogP contribution is -2.07. The van der Waals surface area contributed by atoms with E-state index in [0.29, 0.717) is 28.7 Å². The lowest BCUT2D eigenvalue weighted by Gasteiger charge is -2.11. The van der Waals surface area contributed by atoms with E-state index in [-0.39, 0.29) is 13.2 Å². The maximum atomic E-state index is 12.7. The molecule has 0 atom stereocenters. The van der Waals surface area contributed by atoms with Gasteiger partial charge in [-0.05, 0) is 29.2 Å².